The molecule has 186 valence electrons. The Bertz CT molecular complexity index is 1250. The summed E-state index contributed by atoms with van der Waals surface area (Å²) >= 11 is 0. The van der Waals surface area contributed by atoms with Gasteiger partial charge in [0.15, 0.2) is 5.69 Å². The van der Waals surface area contributed by atoms with Crippen LogP contribution in [0.5, 0.6) is 5.75 Å². The van der Waals surface area contributed by atoms with Gasteiger partial charge in [-0.15, -0.1) is 4.48 Å². The van der Waals surface area contributed by atoms with Gasteiger partial charge in [-0.05, 0) is 57.2 Å². The van der Waals surface area contributed by atoms with Gasteiger partial charge in [0.05, 0.1) is 29.8 Å². The zero-order valence-electron chi connectivity index (χ0n) is 20.5. The minimum absolute atomic E-state index is 0.185. The molecular weight excluding hydrogens is 464 g/mol. The van der Waals surface area contributed by atoms with Gasteiger partial charge in [-0.3, -0.25) is 0 Å². The van der Waals surface area contributed by atoms with Crippen molar-refractivity contribution in [2.75, 3.05) is 13.6 Å². The molecule has 1 heterocycles. The summed E-state index contributed by atoms with van der Waals surface area (Å²) in [6, 6.07) is 14.1. The average molecular weight is 492 g/mol. The highest BCUT2D eigenvalue weighted by atomic mass is 16.6. The Labute approximate surface area is 208 Å². The molecule has 2 amide bonds. The summed E-state index contributed by atoms with van der Waals surface area (Å²) in [5, 5.41) is 19.0. The lowest BCUT2D eigenvalue weighted by atomic mass is 10.1. The van der Waals surface area contributed by atoms with Crippen molar-refractivity contribution in [1.82, 2.24) is 9.38 Å². The molecule has 36 heavy (non-hydrogen) atoms. The van der Waals surface area contributed by atoms with Gasteiger partial charge < -0.3 is 19.5 Å². The van der Waals surface area contributed by atoms with Crippen LogP contribution in [0.1, 0.15) is 43.1 Å². The van der Waals surface area contributed by atoms with E-state index in [0.29, 0.717) is 17.1 Å². The molecular formula is C26H27N4O6+. The standard InChI is InChI=1S/C26H26N4O6/c1-26(2,3)36-24(32)29(4)15-13-22-28-14-16-30(22,25(33)34)20-9-11-21(12-10-20)35-23(31)19-7-5-18(17-27)6-8-19/h5-12,14,16H,13,15H2,1-4H3/p+1. The Hall–Kier alpha value is -4.49. The molecule has 1 atom stereocenters. The van der Waals surface area contributed by atoms with Crippen LogP contribution < -0.4 is 9.22 Å². The summed E-state index contributed by atoms with van der Waals surface area (Å²) in [4.78, 5) is 42.7. The minimum Gasteiger partial charge on any atom is -0.444 e. The normalized spacial score (nSPS) is 16.6. The Morgan fingerprint density at radius 3 is 2.28 bits per heavy atom. The molecule has 0 saturated carbocycles. The van der Waals surface area contributed by atoms with Gasteiger partial charge >= 0.3 is 18.2 Å². The van der Waals surface area contributed by atoms with Crippen LogP contribution in [-0.4, -0.2) is 53.2 Å². The second kappa shape index (κ2) is 10.4. The molecule has 0 bridgehead atoms. The van der Waals surface area contributed by atoms with E-state index in [1.54, 1.807) is 27.8 Å². The predicted octanol–water partition coefficient (Wildman–Crippen LogP) is 4.90. The number of aliphatic imine (C=N–C) groups is 1. The van der Waals surface area contributed by atoms with Crippen molar-refractivity contribution in [3.8, 4) is 11.8 Å². The topological polar surface area (TPSA) is 129 Å². The number of nitriles is 1. The Morgan fingerprint density at radius 2 is 1.72 bits per heavy atom. The van der Waals surface area contributed by atoms with Crippen molar-refractivity contribution in [3.63, 3.8) is 0 Å². The third-order valence-corrected chi connectivity index (χ3v) is 5.30. The fourth-order valence-electron chi connectivity index (χ4n) is 3.45. The lowest BCUT2D eigenvalue weighted by Crippen LogP contribution is -2.52. The van der Waals surface area contributed by atoms with Crippen molar-refractivity contribution in [2.24, 2.45) is 4.99 Å². The first kappa shape index (κ1) is 26.1. The number of carboxylic acid groups (broad SMARTS) is 1. The SMILES string of the molecule is CN(CCC1=NC=C[N+]1(C(=O)O)c1ccc(OC(=O)c2ccc(C#N)cc2)cc1)C(=O)OC(C)(C)C. The molecule has 1 unspecified atom stereocenters. The number of esters is 1. The van der Waals surface area contributed by atoms with Crippen LogP contribution >= 0.6 is 0 Å². The van der Waals surface area contributed by atoms with Crippen LogP contribution in [0.15, 0.2) is 65.9 Å². The number of benzene rings is 2. The first-order valence-electron chi connectivity index (χ1n) is 11.1. The number of amides is 2. The maximum atomic E-state index is 12.4. The van der Waals surface area contributed by atoms with E-state index in [2.05, 4.69) is 4.99 Å². The van der Waals surface area contributed by atoms with Crippen LogP contribution in [0.25, 0.3) is 0 Å². The smallest absolute Gasteiger partial charge is 0.444 e. The van der Waals surface area contributed by atoms with E-state index in [0.717, 1.165) is 0 Å². The van der Waals surface area contributed by atoms with Crippen LogP contribution in [-0.2, 0) is 4.74 Å². The van der Waals surface area contributed by atoms with Crippen LogP contribution in [0.4, 0.5) is 15.3 Å². The van der Waals surface area contributed by atoms with Gasteiger partial charge in [-0.2, -0.15) is 10.1 Å². The maximum absolute atomic E-state index is 12.4. The van der Waals surface area contributed by atoms with Crippen LogP contribution in [0, 0.1) is 11.3 Å². The van der Waals surface area contributed by atoms with Crippen molar-refractivity contribution in [3.05, 3.63) is 72.1 Å². The highest BCUT2D eigenvalue weighted by Gasteiger charge is 2.46. The molecule has 0 saturated heterocycles. The van der Waals surface area contributed by atoms with Crippen LogP contribution in [0.2, 0.25) is 0 Å². The number of rotatable bonds is 6. The molecule has 0 fully saturated rings. The second-order valence-corrected chi connectivity index (χ2v) is 9.07. The molecule has 1 aliphatic rings. The highest BCUT2D eigenvalue weighted by Crippen LogP contribution is 2.32. The molecule has 3 rings (SSSR count). The number of quaternary nitrogens is 1. The highest BCUT2D eigenvalue weighted by molar-refractivity contribution is 6.11. The zero-order chi connectivity index (χ0) is 26.5. The van der Waals surface area contributed by atoms with Crippen LogP contribution in [0.3, 0.4) is 0 Å². The van der Waals surface area contributed by atoms with E-state index in [9.17, 15) is 19.5 Å². The number of amidine groups is 1. The molecule has 0 aliphatic carbocycles. The summed E-state index contributed by atoms with van der Waals surface area (Å²) in [5.74, 6) is -0.0777. The van der Waals surface area contributed by atoms with Crippen molar-refractivity contribution in [2.45, 2.75) is 32.8 Å². The number of carbonyl (C=O) groups excluding carboxylic acids is 2. The molecule has 0 spiro atoms. The van der Waals surface area contributed by atoms with Gasteiger partial charge in [0.2, 0.25) is 5.84 Å². The number of ether oxygens (including phenoxy) is 2. The fourth-order valence-corrected chi connectivity index (χ4v) is 3.45. The van der Waals surface area contributed by atoms with E-state index in [1.165, 1.54) is 65.8 Å². The van der Waals surface area contributed by atoms with Crippen molar-refractivity contribution in [1.29, 1.82) is 5.26 Å². The first-order valence-corrected chi connectivity index (χ1v) is 11.1. The van der Waals surface area contributed by atoms with Gasteiger partial charge in [-0.1, -0.05) is 0 Å². The first-order chi connectivity index (χ1) is 17.0. The van der Waals surface area contributed by atoms with Gasteiger partial charge in [0.1, 0.15) is 17.6 Å². The van der Waals surface area contributed by atoms with Crippen molar-refractivity contribution < 1.29 is 29.0 Å². The number of hydrogen-bond donors (Lipinski definition) is 1. The Kier molecular flexibility index (Phi) is 7.56. The van der Waals surface area contributed by atoms with Gasteiger partial charge in [0, 0.05) is 25.7 Å². The molecule has 2 aromatic carbocycles. The Morgan fingerprint density at radius 1 is 1.08 bits per heavy atom. The average Bonchev–Trinajstić information content (AvgIpc) is 3.27. The quantitative estimate of drug-likeness (QED) is 0.345. The van der Waals surface area contributed by atoms with Gasteiger partial charge in [0.25, 0.3) is 0 Å². The lowest BCUT2D eigenvalue weighted by molar-refractivity contribution is 0.0302. The third-order valence-electron chi connectivity index (χ3n) is 5.30. The monoisotopic (exact) mass is 491 g/mol. The second-order valence-electron chi connectivity index (χ2n) is 9.07. The van der Waals surface area contributed by atoms with Crippen molar-refractivity contribution >= 4 is 29.7 Å². The van der Waals surface area contributed by atoms with E-state index in [1.807, 2.05) is 6.07 Å². The molecule has 1 N–H and O–H groups in total. The number of hydrogen-bond acceptors (Lipinski definition) is 7. The number of nitrogens with zero attached hydrogens (tertiary/aromatic N) is 4. The molecule has 10 heteroatoms. The lowest BCUT2D eigenvalue weighted by Gasteiger charge is -2.28. The zero-order valence-corrected chi connectivity index (χ0v) is 20.5. The summed E-state index contributed by atoms with van der Waals surface area (Å²) in [6.07, 6.45) is 1.34. The summed E-state index contributed by atoms with van der Waals surface area (Å²) < 4.78 is 10.0. The summed E-state index contributed by atoms with van der Waals surface area (Å²) in [7, 11) is 1.57. The summed E-state index contributed by atoms with van der Waals surface area (Å²) in [5.41, 5.74) is 0.419. The largest absolute Gasteiger partial charge is 0.529 e. The van der Waals surface area contributed by atoms with E-state index in [-0.39, 0.29) is 24.3 Å². The molecule has 1 aliphatic heterocycles. The maximum Gasteiger partial charge on any atom is 0.529 e. The molecule has 0 radical (unpaired) electrons. The number of carbonyl (C=O) groups is 3. The fraction of sp³-hybridized carbons (Fsp3) is 0.269. The third kappa shape index (κ3) is 5.76. The molecule has 2 aromatic rings. The van der Waals surface area contributed by atoms with E-state index >= 15 is 0 Å². The van der Waals surface area contributed by atoms with E-state index < -0.39 is 28.2 Å². The Balaban J connectivity index is 1.74. The molecule has 10 nitrogen and oxygen atoms in total. The predicted molar refractivity (Wildman–Crippen MR) is 132 cm³/mol. The molecule has 0 aromatic heterocycles. The van der Waals surface area contributed by atoms with Gasteiger partial charge in [-0.25, -0.2) is 14.6 Å². The van der Waals surface area contributed by atoms with E-state index in [4.69, 9.17) is 14.7 Å². The summed E-state index contributed by atoms with van der Waals surface area (Å²) in [6.45, 7) is 5.49. The minimum atomic E-state index is -1.18.